The lowest BCUT2D eigenvalue weighted by atomic mass is 10.0. The number of rotatable bonds is 6. The smallest absolute Gasteiger partial charge is 0.391 e. The lowest BCUT2D eigenvalue weighted by molar-refractivity contribution is -0.145. The van der Waals surface area contributed by atoms with E-state index in [4.69, 9.17) is 15.6 Å². The Labute approximate surface area is 81.0 Å². The van der Waals surface area contributed by atoms with Crippen molar-refractivity contribution in [2.75, 3.05) is 19.8 Å². The van der Waals surface area contributed by atoms with Crippen LogP contribution in [-0.2, 0) is 4.74 Å². The Morgan fingerprint density at radius 2 is 1.71 bits per heavy atom. The first-order chi connectivity index (χ1) is 6.27. The van der Waals surface area contributed by atoms with Gasteiger partial charge in [-0.25, -0.2) is 0 Å². The maximum atomic E-state index is 11.6. The molecule has 0 aliphatic carbocycles. The number of alkyl halides is 3. The van der Waals surface area contributed by atoms with Gasteiger partial charge < -0.3 is 15.6 Å². The van der Waals surface area contributed by atoms with Crippen molar-refractivity contribution in [2.45, 2.75) is 31.5 Å². The van der Waals surface area contributed by atoms with Gasteiger partial charge in [0.1, 0.15) is 0 Å². The zero-order valence-corrected chi connectivity index (χ0v) is 8.10. The summed E-state index contributed by atoms with van der Waals surface area (Å²) in [7, 11) is 0. The van der Waals surface area contributed by atoms with Gasteiger partial charge in [-0.15, -0.1) is 0 Å². The highest BCUT2D eigenvalue weighted by Gasteiger charge is 2.26. The molecule has 0 saturated heterocycles. The Hall–Kier alpha value is -0.330. The normalized spacial score (nSPS) is 16.7. The van der Waals surface area contributed by atoms with E-state index in [0.717, 1.165) is 0 Å². The van der Waals surface area contributed by atoms with E-state index in [1.165, 1.54) is 0 Å². The van der Waals surface area contributed by atoms with Crippen LogP contribution in [0.1, 0.15) is 19.8 Å². The highest BCUT2D eigenvalue weighted by Crippen LogP contribution is 2.19. The Bertz CT molecular complexity index is 159. The molecule has 3 nitrogen and oxygen atoms in total. The van der Waals surface area contributed by atoms with Crippen molar-refractivity contribution in [2.24, 2.45) is 5.73 Å². The monoisotopic (exact) mass is 215 g/mol. The van der Waals surface area contributed by atoms with E-state index >= 15 is 0 Å². The van der Waals surface area contributed by atoms with Gasteiger partial charge in [0, 0.05) is 12.1 Å². The minimum Gasteiger partial charge on any atom is -0.394 e. The molecule has 0 heterocycles. The lowest BCUT2D eigenvalue weighted by Gasteiger charge is -2.21. The molecule has 0 spiro atoms. The Kier molecular flexibility index (Phi) is 5.40. The molecule has 0 fully saturated rings. The van der Waals surface area contributed by atoms with Crippen molar-refractivity contribution < 1.29 is 23.0 Å². The summed E-state index contributed by atoms with van der Waals surface area (Å²) in [5.41, 5.74) is 4.75. The zero-order chi connectivity index (χ0) is 11.2. The molecule has 0 aliphatic heterocycles. The fourth-order valence-electron chi connectivity index (χ4n) is 0.674. The number of halogens is 3. The van der Waals surface area contributed by atoms with Crippen LogP contribution in [0.4, 0.5) is 13.2 Å². The second-order valence-corrected chi connectivity index (χ2v) is 3.54. The van der Waals surface area contributed by atoms with E-state index in [1.807, 2.05) is 0 Å². The second kappa shape index (κ2) is 5.53. The molecule has 0 aromatic carbocycles. The molecule has 0 amide bonds. The molecular formula is C8H16F3NO2. The molecule has 3 N–H and O–H groups in total. The maximum Gasteiger partial charge on any atom is 0.391 e. The summed E-state index contributed by atoms with van der Waals surface area (Å²) in [6, 6.07) is 0. The third-order valence-corrected chi connectivity index (χ3v) is 1.71. The molecule has 0 rings (SSSR count). The van der Waals surface area contributed by atoms with E-state index in [2.05, 4.69) is 0 Å². The molecule has 6 heteroatoms. The fraction of sp³-hybridized carbons (Fsp3) is 1.00. The Morgan fingerprint density at radius 3 is 2.14 bits per heavy atom. The van der Waals surface area contributed by atoms with E-state index in [0.29, 0.717) is 6.42 Å². The molecule has 0 aromatic heterocycles. The number of aliphatic hydroxyl groups excluding tert-OH is 1. The van der Waals surface area contributed by atoms with Crippen LogP contribution in [0.25, 0.3) is 0 Å². The molecule has 0 saturated carbocycles. The van der Waals surface area contributed by atoms with Gasteiger partial charge in [-0.3, -0.25) is 0 Å². The van der Waals surface area contributed by atoms with Gasteiger partial charge in [0.15, 0.2) is 0 Å². The first kappa shape index (κ1) is 13.7. The summed E-state index contributed by atoms with van der Waals surface area (Å²) in [5, 5.41) is 8.72. The minimum atomic E-state index is -4.18. The summed E-state index contributed by atoms with van der Waals surface area (Å²) in [6.45, 7) is 1.17. The molecule has 1 unspecified atom stereocenters. The largest absolute Gasteiger partial charge is 0.394 e. The third-order valence-electron chi connectivity index (χ3n) is 1.71. The highest BCUT2D eigenvalue weighted by atomic mass is 19.4. The number of ether oxygens (including phenoxy) is 1. The van der Waals surface area contributed by atoms with E-state index in [-0.39, 0.29) is 19.8 Å². The van der Waals surface area contributed by atoms with Gasteiger partial charge in [-0.05, 0) is 13.3 Å². The first-order valence-electron chi connectivity index (χ1n) is 4.31. The van der Waals surface area contributed by atoms with E-state index < -0.39 is 18.1 Å². The minimum absolute atomic E-state index is 0.129. The van der Waals surface area contributed by atoms with Crippen molar-refractivity contribution in [1.82, 2.24) is 0 Å². The molecule has 1 atom stereocenters. The van der Waals surface area contributed by atoms with Gasteiger partial charge in [0.25, 0.3) is 0 Å². The average molecular weight is 215 g/mol. The van der Waals surface area contributed by atoms with Gasteiger partial charge in [0.2, 0.25) is 0 Å². The van der Waals surface area contributed by atoms with Crippen molar-refractivity contribution in [3.63, 3.8) is 0 Å². The summed E-state index contributed by atoms with van der Waals surface area (Å²) in [4.78, 5) is 0. The fourth-order valence-corrected chi connectivity index (χ4v) is 0.674. The summed E-state index contributed by atoms with van der Waals surface area (Å²) >= 11 is 0. The van der Waals surface area contributed by atoms with Crippen molar-refractivity contribution >= 4 is 0 Å². The van der Waals surface area contributed by atoms with Crippen LogP contribution in [0.2, 0.25) is 0 Å². The SMILES string of the molecule is CC(N)(CO)CCOCCC(F)(F)F. The van der Waals surface area contributed by atoms with E-state index in [1.54, 1.807) is 6.92 Å². The van der Waals surface area contributed by atoms with Crippen LogP contribution in [0.3, 0.4) is 0 Å². The summed E-state index contributed by atoms with van der Waals surface area (Å²) < 4.78 is 39.7. The first-order valence-corrected chi connectivity index (χ1v) is 4.31. The Morgan fingerprint density at radius 1 is 1.21 bits per heavy atom. The van der Waals surface area contributed by atoms with Gasteiger partial charge in [-0.1, -0.05) is 0 Å². The van der Waals surface area contributed by atoms with Crippen LogP contribution in [0, 0.1) is 0 Å². The quantitative estimate of drug-likeness (QED) is 0.651. The van der Waals surface area contributed by atoms with Gasteiger partial charge in [0.05, 0.1) is 19.6 Å². The number of hydrogen-bond acceptors (Lipinski definition) is 3. The molecular weight excluding hydrogens is 199 g/mol. The summed E-state index contributed by atoms with van der Waals surface area (Å²) in [5.74, 6) is 0. The topological polar surface area (TPSA) is 55.5 Å². The summed E-state index contributed by atoms with van der Waals surface area (Å²) in [6.07, 6.45) is -4.79. The molecule has 86 valence electrons. The molecule has 0 radical (unpaired) electrons. The molecule has 14 heavy (non-hydrogen) atoms. The van der Waals surface area contributed by atoms with Crippen molar-refractivity contribution in [3.05, 3.63) is 0 Å². The highest BCUT2D eigenvalue weighted by molar-refractivity contribution is 4.76. The van der Waals surface area contributed by atoms with Crippen LogP contribution in [-0.4, -0.2) is 36.6 Å². The Balaban J connectivity index is 3.39. The zero-order valence-electron chi connectivity index (χ0n) is 8.10. The van der Waals surface area contributed by atoms with Crippen LogP contribution >= 0.6 is 0 Å². The van der Waals surface area contributed by atoms with Crippen LogP contribution in [0.5, 0.6) is 0 Å². The second-order valence-electron chi connectivity index (χ2n) is 3.54. The average Bonchev–Trinajstić information content (AvgIpc) is 2.01. The van der Waals surface area contributed by atoms with Crippen LogP contribution in [0.15, 0.2) is 0 Å². The molecule has 0 bridgehead atoms. The molecule has 0 aromatic rings. The lowest BCUT2D eigenvalue weighted by Crippen LogP contribution is -2.41. The molecule has 0 aliphatic rings. The standard InChI is InChI=1S/C8H16F3NO2/c1-7(12,6-13)2-4-14-5-3-8(9,10)11/h13H,2-6,12H2,1H3. The third kappa shape index (κ3) is 8.28. The number of aliphatic hydroxyl groups is 1. The van der Waals surface area contributed by atoms with Gasteiger partial charge >= 0.3 is 6.18 Å². The van der Waals surface area contributed by atoms with Crippen LogP contribution < -0.4 is 5.73 Å². The maximum absolute atomic E-state index is 11.6. The van der Waals surface area contributed by atoms with Gasteiger partial charge in [-0.2, -0.15) is 13.2 Å². The van der Waals surface area contributed by atoms with E-state index in [9.17, 15) is 13.2 Å². The van der Waals surface area contributed by atoms with Crippen molar-refractivity contribution in [1.29, 1.82) is 0 Å². The number of nitrogens with two attached hydrogens (primary N) is 1. The predicted molar refractivity (Wildman–Crippen MR) is 45.8 cm³/mol. The van der Waals surface area contributed by atoms with Crippen molar-refractivity contribution in [3.8, 4) is 0 Å². The number of hydrogen-bond donors (Lipinski definition) is 2. The predicted octanol–water partition coefficient (Wildman–Crippen LogP) is 1.06.